The van der Waals surface area contributed by atoms with Gasteiger partial charge >= 0.3 is 5.97 Å². The van der Waals surface area contributed by atoms with Gasteiger partial charge in [-0.2, -0.15) is 4.31 Å². The maximum Gasteiger partial charge on any atom is 0.307 e. The van der Waals surface area contributed by atoms with E-state index in [-0.39, 0.29) is 17.5 Å². The summed E-state index contributed by atoms with van der Waals surface area (Å²) in [6, 6.07) is 4.51. The van der Waals surface area contributed by atoms with Crippen LogP contribution in [0.5, 0.6) is 0 Å². The lowest BCUT2D eigenvalue weighted by atomic mass is 9.96. The van der Waals surface area contributed by atoms with Crippen LogP contribution in [0.4, 0.5) is 0 Å². The molecule has 0 bridgehead atoms. The first-order valence-corrected chi connectivity index (χ1v) is 8.56. The molecule has 0 amide bonds. The maximum atomic E-state index is 12.8. The van der Waals surface area contributed by atoms with Crippen LogP contribution in [0.1, 0.15) is 25.3 Å². The van der Waals surface area contributed by atoms with Crippen LogP contribution >= 0.6 is 11.6 Å². The lowest BCUT2D eigenvalue weighted by Gasteiger charge is -2.35. The minimum Gasteiger partial charge on any atom is -0.481 e. The molecule has 1 aromatic carbocycles. The van der Waals surface area contributed by atoms with Crippen molar-refractivity contribution in [2.24, 2.45) is 5.92 Å². The number of hydrogen-bond acceptors (Lipinski definition) is 3. The third-order valence-corrected chi connectivity index (χ3v) is 6.51. The molecule has 0 saturated carbocycles. The number of carbonyl (C=O) groups is 1. The van der Waals surface area contributed by atoms with Crippen molar-refractivity contribution in [3.8, 4) is 0 Å². The molecule has 21 heavy (non-hydrogen) atoms. The van der Waals surface area contributed by atoms with E-state index in [9.17, 15) is 13.2 Å². The second-order valence-electron chi connectivity index (χ2n) is 5.40. The number of sulfonamides is 1. The fourth-order valence-electron chi connectivity index (χ4n) is 2.60. The molecule has 1 heterocycles. The Morgan fingerprint density at radius 3 is 2.67 bits per heavy atom. The summed E-state index contributed by atoms with van der Waals surface area (Å²) in [5, 5.41) is 9.52. The minimum absolute atomic E-state index is 0.00475. The third kappa shape index (κ3) is 3.07. The Morgan fingerprint density at radius 1 is 1.38 bits per heavy atom. The highest BCUT2D eigenvalue weighted by molar-refractivity contribution is 7.89. The molecular formula is C14H18ClNO4S. The predicted octanol–water partition coefficient (Wildman–Crippen LogP) is 2.52. The van der Waals surface area contributed by atoms with E-state index < -0.39 is 21.9 Å². The molecule has 2 unspecified atom stereocenters. The standard InChI is InChI=1S/C14H18ClNO4S/c1-9-6-7-11(14(17)18)8-16(9)21(19,20)13-5-3-4-12(15)10(13)2/h3-5,9,11H,6-8H2,1-2H3,(H,17,18). The van der Waals surface area contributed by atoms with Crippen molar-refractivity contribution in [1.29, 1.82) is 0 Å². The van der Waals surface area contributed by atoms with Crippen molar-refractivity contribution in [2.75, 3.05) is 6.54 Å². The van der Waals surface area contributed by atoms with E-state index in [1.807, 2.05) is 0 Å². The average molecular weight is 332 g/mol. The molecule has 2 rings (SSSR count). The largest absolute Gasteiger partial charge is 0.481 e. The van der Waals surface area contributed by atoms with Crippen LogP contribution in [-0.2, 0) is 14.8 Å². The Labute approximate surface area is 129 Å². The first kappa shape index (κ1) is 16.3. The molecule has 1 aliphatic heterocycles. The van der Waals surface area contributed by atoms with Gasteiger partial charge in [-0.05, 0) is 44.4 Å². The van der Waals surface area contributed by atoms with Gasteiger partial charge in [-0.1, -0.05) is 17.7 Å². The summed E-state index contributed by atoms with van der Waals surface area (Å²) in [5.74, 6) is -1.61. The zero-order valence-electron chi connectivity index (χ0n) is 11.9. The SMILES string of the molecule is Cc1c(Cl)cccc1S(=O)(=O)N1CC(C(=O)O)CCC1C. The summed E-state index contributed by atoms with van der Waals surface area (Å²) in [6.07, 6.45) is 1.03. The van der Waals surface area contributed by atoms with Crippen LogP contribution in [0.3, 0.4) is 0 Å². The van der Waals surface area contributed by atoms with Gasteiger partial charge in [0.05, 0.1) is 10.8 Å². The zero-order chi connectivity index (χ0) is 15.8. The summed E-state index contributed by atoms with van der Waals surface area (Å²) >= 11 is 6.00. The first-order chi connectivity index (χ1) is 9.75. The van der Waals surface area contributed by atoms with Gasteiger partial charge in [-0.3, -0.25) is 4.79 Å². The van der Waals surface area contributed by atoms with Gasteiger partial charge in [-0.15, -0.1) is 0 Å². The number of carboxylic acid groups (broad SMARTS) is 1. The van der Waals surface area contributed by atoms with E-state index in [2.05, 4.69) is 0 Å². The summed E-state index contributed by atoms with van der Waals surface area (Å²) < 4.78 is 26.9. The summed E-state index contributed by atoms with van der Waals surface area (Å²) in [7, 11) is -3.75. The van der Waals surface area contributed by atoms with Gasteiger partial charge in [0.15, 0.2) is 0 Å². The van der Waals surface area contributed by atoms with Gasteiger partial charge in [-0.25, -0.2) is 8.42 Å². The van der Waals surface area contributed by atoms with Crippen molar-refractivity contribution in [2.45, 2.75) is 37.6 Å². The molecule has 1 aromatic rings. The Morgan fingerprint density at radius 2 is 2.05 bits per heavy atom. The maximum absolute atomic E-state index is 12.8. The monoisotopic (exact) mass is 331 g/mol. The zero-order valence-corrected chi connectivity index (χ0v) is 13.5. The minimum atomic E-state index is -3.75. The molecule has 0 spiro atoms. The molecule has 0 aliphatic carbocycles. The van der Waals surface area contributed by atoms with Crippen LogP contribution in [0.2, 0.25) is 5.02 Å². The van der Waals surface area contributed by atoms with Crippen molar-refractivity contribution in [3.05, 3.63) is 28.8 Å². The number of rotatable bonds is 3. The molecule has 1 fully saturated rings. The molecule has 2 atom stereocenters. The fourth-order valence-corrected chi connectivity index (χ4v) is 4.79. The fraction of sp³-hybridized carbons (Fsp3) is 0.500. The number of halogens is 1. The van der Waals surface area contributed by atoms with Gasteiger partial charge in [0.25, 0.3) is 0 Å². The predicted molar refractivity (Wildman–Crippen MR) is 79.9 cm³/mol. The molecule has 5 nitrogen and oxygen atoms in total. The van der Waals surface area contributed by atoms with E-state index >= 15 is 0 Å². The average Bonchev–Trinajstić information content (AvgIpc) is 2.41. The van der Waals surface area contributed by atoms with Crippen LogP contribution in [0.25, 0.3) is 0 Å². The van der Waals surface area contributed by atoms with E-state index in [1.54, 1.807) is 26.0 Å². The Bertz CT molecular complexity index is 659. The number of piperidine rings is 1. The van der Waals surface area contributed by atoms with E-state index in [0.29, 0.717) is 23.4 Å². The van der Waals surface area contributed by atoms with E-state index in [1.165, 1.54) is 10.4 Å². The van der Waals surface area contributed by atoms with Crippen LogP contribution in [-0.4, -0.2) is 36.4 Å². The van der Waals surface area contributed by atoms with Gasteiger partial charge < -0.3 is 5.11 Å². The van der Waals surface area contributed by atoms with E-state index in [4.69, 9.17) is 16.7 Å². The molecule has 7 heteroatoms. The quantitative estimate of drug-likeness (QED) is 0.923. The highest BCUT2D eigenvalue weighted by Crippen LogP contribution is 2.31. The molecule has 1 saturated heterocycles. The smallest absolute Gasteiger partial charge is 0.307 e. The van der Waals surface area contributed by atoms with Crippen molar-refractivity contribution in [1.82, 2.24) is 4.31 Å². The summed E-state index contributed by atoms with van der Waals surface area (Å²) in [5.41, 5.74) is 0.490. The Balaban J connectivity index is 2.42. The molecule has 1 N–H and O–H groups in total. The Kier molecular flexibility index (Phi) is 4.60. The lowest BCUT2D eigenvalue weighted by molar-refractivity contribution is -0.143. The highest BCUT2D eigenvalue weighted by Gasteiger charge is 2.38. The summed E-state index contributed by atoms with van der Waals surface area (Å²) in [4.78, 5) is 11.3. The van der Waals surface area contributed by atoms with Gasteiger partial charge in [0.1, 0.15) is 0 Å². The molecule has 1 aliphatic rings. The number of hydrogen-bond donors (Lipinski definition) is 1. The van der Waals surface area contributed by atoms with Crippen LogP contribution in [0.15, 0.2) is 23.1 Å². The van der Waals surface area contributed by atoms with Crippen molar-refractivity contribution >= 4 is 27.6 Å². The number of benzene rings is 1. The van der Waals surface area contributed by atoms with Crippen LogP contribution in [0, 0.1) is 12.8 Å². The second kappa shape index (κ2) is 5.94. The third-order valence-electron chi connectivity index (χ3n) is 3.98. The molecular weight excluding hydrogens is 314 g/mol. The number of aliphatic carboxylic acids is 1. The summed E-state index contributed by atoms with van der Waals surface area (Å²) in [6.45, 7) is 3.46. The molecule has 0 radical (unpaired) electrons. The number of carboxylic acids is 1. The normalized spacial score (nSPS) is 24.0. The topological polar surface area (TPSA) is 74.7 Å². The highest BCUT2D eigenvalue weighted by atomic mass is 35.5. The number of nitrogens with zero attached hydrogens (tertiary/aromatic N) is 1. The first-order valence-electron chi connectivity index (χ1n) is 6.75. The van der Waals surface area contributed by atoms with Crippen molar-refractivity contribution in [3.63, 3.8) is 0 Å². The second-order valence-corrected chi connectivity index (χ2v) is 7.67. The van der Waals surface area contributed by atoms with E-state index in [0.717, 1.165) is 0 Å². The van der Waals surface area contributed by atoms with Crippen LogP contribution < -0.4 is 0 Å². The van der Waals surface area contributed by atoms with Gasteiger partial charge in [0.2, 0.25) is 10.0 Å². The lowest BCUT2D eigenvalue weighted by Crippen LogP contribution is -2.47. The Hall–Kier alpha value is -1.11. The van der Waals surface area contributed by atoms with Gasteiger partial charge in [0, 0.05) is 17.6 Å². The molecule has 116 valence electrons. The molecule has 0 aromatic heterocycles. The van der Waals surface area contributed by atoms with Crippen molar-refractivity contribution < 1.29 is 18.3 Å².